The number of pyridine rings is 1. The number of carbonyl (C=O) groups excluding carboxylic acids is 1. The first-order chi connectivity index (χ1) is 21.8. The molecule has 0 aromatic carbocycles. The van der Waals surface area contributed by atoms with Crippen LogP contribution in [0.3, 0.4) is 0 Å². The van der Waals surface area contributed by atoms with Gasteiger partial charge in [-0.2, -0.15) is 26.3 Å². The zero-order chi connectivity index (χ0) is 35.8. The van der Waals surface area contributed by atoms with Gasteiger partial charge in [0, 0.05) is 0 Å². The molecule has 1 aliphatic rings. The Hall–Kier alpha value is -3.92. The number of ether oxygens (including phenoxy) is 3. The van der Waals surface area contributed by atoms with Crippen molar-refractivity contribution >= 4 is 11.8 Å². The lowest BCUT2D eigenvalue weighted by molar-refractivity contribution is -0.294. The third kappa shape index (κ3) is 10.3. The number of halogens is 6. The van der Waals surface area contributed by atoms with Crippen molar-refractivity contribution in [1.29, 1.82) is 0 Å². The monoisotopic (exact) mass is 678 g/mol. The highest BCUT2D eigenvalue weighted by Crippen LogP contribution is 2.47. The molecule has 1 amide bonds. The molecule has 47 heavy (non-hydrogen) atoms. The molecule has 10 nitrogen and oxygen atoms in total. The first kappa shape index (κ1) is 39.3. The number of carbonyl (C=O) groups is 1. The molecule has 0 aliphatic carbocycles. The van der Waals surface area contributed by atoms with Crippen LogP contribution in [0, 0.1) is 0 Å². The summed E-state index contributed by atoms with van der Waals surface area (Å²) in [6.45, 7) is 16.3. The molecule has 0 radical (unpaired) electrons. The van der Waals surface area contributed by atoms with E-state index in [2.05, 4.69) is 33.7 Å². The van der Waals surface area contributed by atoms with Crippen LogP contribution in [-0.4, -0.2) is 57.0 Å². The Labute approximate surface area is 268 Å². The predicted octanol–water partition coefficient (Wildman–Crippen LogP) is 8.30. The highest BCUT2D eigenvalue weighted by molar-refractivity contribution is 5.89. The van der Waals surface area contributed by atoms with E-state index < -0.39 is 95.9 Å². The van der Waals surface area contributed by atoms with Crippen LogP contribution in [0.2, 0.25) is 0 Å². The summed E-state index contributed by atoms with van der Waals surface area (Å²) in [4.78, 5) is 16.5. The van der Waals surface area contributed by atoms with Gasteiger partial charge >= 0.3 is 18.4 Å². The number of hydrogen-bond acceptors (Lipinski definition) is 9. The molecule has 3 atom stereocenters. The van der Waals surface area contributed by atoms with E-state index in [0.29, 0.717) is 6.07 Å². The zero-order valence-corrected chi connectivity index (χ0v) is 27.0. The number of amides is 1. The molecular formula is C31H40F6N4O6. The largest absolute Gasteiger partial charge is 0.474 e. The van der Waals surface area contributed by atoms with Gasteiger partial charge in [-0.05, 0) is 65.0 Å². The minimum Gasteiger partial charge on any atom is -0.474 e. The number of fused-ring (bicyclic) bond motifs is 5. The van der Waals surface area contributed by atoms with Crippen LogP contribution in [0.15, 0.2) is 47.4 Å². The maximum absolute atomic E-state index is 14.9. The summed E-state index contributed by atoms with van der Waals surface area (Å²) in [6.07, 6.45) is -11.3. The summed E-state index contributed by atoms with van der Waals surface area (Å²) < 4.78 is 109. The average Bonchev–Trinajstić information content (AvgIpc) is 3.45. The molecule has 4 bridgehead atoms. The second-order valence-electron chi connectivity index (χ2n) is 11.3. The summed E-state index contributed by atoms with van der Waals surface area (Å²) in [5, 5.41) is 19.9. The Balaban J connectivity index is 0.00000376. The van der Waals surface area contributed by atoms with E-state index in [1.165, 1.54) is 45.9 Å². The summed E-state index contributed by atoms with van der Waals surface area (Å²) in [6, 6.07) is 0.475. The highest BCUT2D eigenvalue weighted by atomic mass is 19.4. The Morgan fingerprint density at radius 3 is 2.34 bits per heavy atom. The molecule has 2 aromatic heterocycles. The predicted molar refractivity (Wildman–Crippen MR) is 160 cm³/mol. The lowest BCUT2D eigenvalue weighted by Crippen LogP contribution is -2.46. The lowest BCUT2D eigenvalue weighted by atomic mass is 9.92. The summed E-state index contributed by atoms with van der Waals surface area (Å²) in [7, 11) is 0. The molecule has 3 heterocycles. The number of aliphatic hydroxyl groups is 1. The molecule has 0 spiro atoms. The van der Waals surface area contributed by atoms with E-state index in [0.717, 1.165) is 0 Å². The zero-order valence-electron chi connectivity index (χ0n) is 27.0. The smallest absolute Gasteiger partial charge is 0.426 e. The molecule has 2 aromatic rings. The van der Waals surface area contributed by atoms with Gasteiger partial charge in [0.25, 0.3) is 11.8 Å². The Morgan fingerprint density at radius 1 is 1.13 bits per heavy atom. The van der Waals surface area contributed by atoms with Crippen molar-refractivity contribution < 1.29 is 54.9 Å². The standard InChI is InChI=1S/C29H34F6N4O6.C2H6/c1-7-9-17(8-2)15-42-27(29(33,34)35)13-12-18(40)11-10-16(3)43-22-19(28(30,31)32)14-20(36-25(41)45-26(4,5)6)21(37-22)23-38-39-24(27)44-23;1-2/h7-9,14,16,18,40H,1-2,10-13,15H2,3-6H3,(H,36,41);1-2H3/b17-9+;/t16-,18?,27?;/m1./s1. The molecule has 16 heteroatoms. The van der Waals surface area contributed by atoms with Crippen LogP contribution < -0.4 is 10.1 Å². The van der Waals surface area contributed by atoms with Crippen molar-refractivity contribution in [2.45, 2.75) is 103 Å². The topological polar surface area (TPSA) is 129 Å². The second kappa shape index (κ2) is 15.8. The average molecular weight is 679 g/mol. The first-order valence-corrected chi connectivity index (χ1v) is 14.8. The van der Waals surface area contributed by atoms with Crippen LogP contribution in [0.1, 0.15) is 78.7 Å². The number of aromatic nitrogens is 3. The van der Waals surface area contributed by atoms with Gasteiger partial charge < -0.3 is 23.7 Å². The highest BCUT2D eigenvalue weighted by Gasteiger charge is 2.61. The molecule has 1 aliphatic heterocycles. The number of nitrogens with zero attached hydrogens (tertiary/aromatic N) is 3. The number of hydrogen-bond donors (Lipinski definition) is 2. The van der Waals surface area contributed by atoms with Crippen molar-refractivity contribution in [3.8, 4) is 17.5 Å². The molecule has 2 N–H and O–H groups in total. The van der Waals surface area contributed by atoms with Crippen LogP contribution >= 0.6 is 0 Å². The molecule has 0 fully saturated rings. The Bertz CT molecular complexity index is 1420. The van der Waals surface area contributed by atoms with Crippen molar-refractivity contribution in [3.63, 3.8) is 0 Å². The van der Waals surface area contributed by atoms with Crippen molar-refractivity contribution in [2.24, 2.45) is 0 Å². The van der Waals surface area contributed by atoms with Crippen molar-refractivity contribution in [1.82, 2.24) is 15.2 Å². The SMILES string of the molecule is C=C/C=C(\C=C)COC1(C(F)(F)F)CCC(O)CC[C@@H](C)Oc2nc(c(NC(=O)OC(C)(C)C)cc2C(F)(F)F)-c2nnc1o2.CC. The number of rotatable bonds is 6. The van der Waals surface area contributed by atoms with Gasteiger partial charge in [-0.15, -0.1) is 10.2 Å². The van der Waals surface area contributed by atoms with Gasteiger partial charge in [-0.1, -0.05) is 45.2 Å². The normalized spacial score (nSPS) is 20.9. The van der Waals surface area contributed by atoms with E-state index in [1.54, 1.807) is 0 Å². The van der Waals surface area contributed by atoms with Crippen molar-refractivity contribution in [3.05, 3.63) is 54.5 Å². The number of allylic oxidation sites excluding steroid dienone is 2. The minimum absolute atomic E-state index is 0.0473. The fraction of sp³-hybridized carbons (Fsp3) is 0.548. The first-order valence-electron chi connectivity index (χ1n) is 14.8. The third-order valence-corrected chi connectivity index (χ3v) is 6.49. The van der Waals surface area contributed by atoms with Gasteiger partial charge in [-0.25, -0.2) is 9.78 Å². The quantitative estimate of drug-likeness (QED) is 0.229. The van der Waals surface area contributed by atoms with Gasteiger partial charge in [0.05, 0.1) is 24.5 Å². The second-order valence-corrected chi connectivity index (χ2v) is 11.3. The maximum Gasteiger partial charge on any atom is 0.426 e. The van der Waals surface area contributed by atoms with E-state index in [9.17, 15) is 36.2 Å². The fourth-order valence-corrected chi connectivity index (χ4v) is 4.25. The molecule has 0 saturated heterocycles. The molecular weight excluding hydrogens is 638 g/mol. The molecule has 0 saturated carbocycles. The number of aliphatic hydroxyl groups excluding tert-OH is 1. The van der Waals surface area contributed by atoms with Crippen LogP contribution in [0.4, 0.5) is 36.8 Å². The van der Waals surface area contributed by atoms with E-state index in [4.69, 9.17) is 18.6 Å². The van der Waals surface area contributed by atoms with Crippen LogP contribution in [0.5, 0.6) is 5.88 Å². The molecule has 3 rings (SSSR count). The van der Waals surface area contributed by atoms with Crippen LogP contribution in [0.25, 0.3) is 11.6 Å². The Morgan fingerprint density at radius 2 is 1.79 bits per heavy atom. The molecule has 2 unspecified atom stereocenters. The van der Waals surface area contributed by atoms with E-state index in [1.807, 2.05) is 13.8 Å². The number of anilines is 1. The molecule has 262 valence electrons. The third-order valence-electron chi connectivity index (χ3n) is 6.49. The van der Waals surface area contributed by atoms with E-state index >= 15 is 0 Å². The minimum atomic E-state index is -5.19. The Kier molecular flexibility index (Phi) is 13.2. The van der Waals surface area contributed by atoms with Gasteiger partial charge in [-0.3, -0.25) is 5.32 Å². The summed E-state index contributed by atoms with van der Waals surface area (Å²) in [5.41, 5.74) is -6.81. The maximum atomic E-state index is 14.9. The summed E-state index contributed by atoms with van der Waals surface area (Å²) in [5.74, 6) is -2.87. The van der Waals surface area contributed by atoms with Gasteiger partial charge in [0.15, 0.2) is 5.69 Å². The number of alkyl halides is 6. The number of nitrogens with one attached hydrogen (secondary N) is 1. The van der Waals surface area contributed by atoms with Crippen molar-refractivity contribution in [2.75, 3.05) is 11.9 Å². The summed E-state index contributed by atoms with van der Waals surface area (Å²) >= 11 is 0. The fourth-order valence-electron chi connectivity index (χ4n) is 4.25. The van der Waals surface area contributed by atoms with Crippen LogP contribution in [-0.2, 0) is 21.3 Å². The lowest BCUT2D eigenvalue weighted by Gasteiger charge is -2.33. The van der Waals surface area contributed by atoms with Gasteiger partial charge in [0.2, 0.25) is 11.5 Å². The van der Waals surface area contributed by atoms with Gasteiger partial charge in [0.1, 0.15) is 11.2 Å². The van der Waals surface area contributed by atoms with E-state index in [-0.39, 0.29) is 18.4 Å².